The SMILES string of the molecule is Cc1ccc(C(=O)NC[C@H](O)C2CCOCC2)cc1Cl. The van der Waals surface area contributed by atoms with Crippen LogP contribution in [0.3, 0.4) is 0 Å². The summed E-state index contributed by atoms with van der Waals surface area (Å²) < 4.78 is 5.26. The smallest absolute Gasteiger partial charge is 0.251 e. The van der Waals surface area contributed by atoms with Gasteiger partial charge in [-0.3, -0.25) is 4.79 Å². The third kappa shape index (κ3) is 3.95. The molecule has 4 nitrogen and oxygen atoms in total. The van der Waals surface area contributed by atoms with Crippen molar-refractivity contribution in [2.24, 2.45) is 5.92 Å². The molecule has 1 aliphatic rings. The molecule has 1 atom stereocenters. The van der Waals surface area contributed by atoms with E-state index in [-0.39, 0.29) is 18.4 Å². The molecular weight excluding hydrogens is 278 g/mol. The minimum atomic E-state index is -0.524. The summed E-state index contributed by atoms with van der Waals surface area (Å²) in [6.07, 6.45) is 1.16. The molecule has 1 aliphatic heterocycles. The van der Waals surface area contributed by atoms with E-state index in [1.54, 1.807) is 12.1 Å². The van der Waals surface area contributed by atoms with Crippen LogP contribution < -0.4 is 5.32 Å². The summed E-state index contributed by atoms with van der Waals surface area (Å²) in [6, 6.07) is 5.19. The van der Waals surface area contributed by atoms with E-state index in [0.29, 0.717) is 23.8 Å². The van der Waals surface area contributed by atoms with Gasteiger partial charge in [0.1, 0.15) is 0 Å². The first-order chi connectivity index (χ1) is 9.58. The van der Waals surface area contributed by atoms with E-state index >= 15 is 0 Å². The van der Waals surface area contributed by atoms with E-state index in [9.17, 15) is 9.90 Å². The summed E-state index contributed by atoms with van der Waals surface area (Å²) in [4.78, 5) is 12.0. The normalized spacial score (nSPS) is 17.8. The zero-order valence-corrected chi connectivity index (χ0v) is 12.3. The summed E-state index contributed by atoms with van der Waals surface area (Å²) in [5, 5.41) is 13.4. The summed E-state index contributed by atoms with van der Waals surface area (Å²) in [5.41, 5.74) is 1.45. The molecule has 1 amide bonds. The van der Waals surface area contributed by atoms with Crippen LogP contribution in [0, 0.1) is 12.8 Å². The van der Waals surface area contributed by atoms with E-state index in [1.165, 1.54) is 0 Å². The number of hydrogen-bond acceptors (Lipinski definition) is 3. The lowest BCUT2D eigenvalue weighted by Gasteiger charge is -2.26. The van der Waals surface area contributed by atoms with Gasteiger partial charge in [0.2, 0.25) is 0 Å². The molecule has 2 rings (SSSR count). The third-order valence-corrected chi connectivity index (χ3v) is 4.12. The van der Waals surface area contributed by atoms with Crippen molar-refractivity contribution in [3.05, 3.63) is 34.3 Å². The highest BCUT2D eigenvalue weighted by atomic mass is 35.5. The maximum Gasteiger partial charge on any atom is 0.251 e. The predicted octanol–water partition coefficient (Wildman–Crippen LogP) is 2.17. The molecule has 20 heavy (non-hydrogen) atoms. The van der Waals surface area contributed by atoms with Crippen molar-refractivity contribution >= 4 is 17.5 Å². The molecule has 1 aromatic carbocycles. The second-order valence-corrected chi connectivity index (χ2v) is 5.60. The van der Waals surface area contributed by atoms with Gasteiger partial charge < -0.3 is 15.2 Å². The standard InChI is InChI=1S/C15H20ClNO3/c1-10-2-3-12(8-13(10)16)15(19)17-9-14(18)11-4-6-20-7-5-11/h2-3,8,11,14,18H,4-7,9H2,1H3,(H,17,19)/t14-/m0/s1. The molecule has 1 aromatic rings. The fourth-order valence-electron chi connectivity index (χ4n) is 2.30. The molecule has 0 radical (unpaired) electrons. The Labute approximate surface area is 124 Å². The summed E-state index contributed by atoms with van der Waals surface area (Å²) in [7, 11) is 0. The average Bonchev–Trinajstić information content (AvgIpc) is 2.48. The lowest BCUT2D eigenvalue weighted by molar-refractivity contribution is 0.00873. The number of nitrogens with one attached hydrogen (secondary N) is 1. The van der Waals surface area contributed by atoms with E-state index < -0.39 is 6.10 Å². The number of carbonyl (C=O) groups is 1. The van der Waals surface area contributed by atoms with Crippen molar-refractivity contribution in [1.82, 2.24) is 5.32 Å². The van der Waals surface area contributed by atoms with Crippen molar-refractivity contribution in [3.63, 3.8) is 0 Å². The Hall–Kier alpha value is -1.10. The van der Waals surface area contributed by atoms with E-state index in [4.69, 9.17) is 16.3 Å². The maximum absolute atomic E-state index is 12.0. The zero-order chi connectivity index (χ0) is 14.5. The van der Waals surface area contributed by atoms with Crippen molar-refractivity contribution in [2.45, 2.75) is 25.9 Å². The van der Waals surface area contributed by atoms with Crippen LogP contribution in [0.2, 0.25) is 5.02 Å². The second kappa shape index (κ2) is 7.07. The predicted molar refractivity (Wildman–Crippen MR) is 78.1 cm³/mol. The molecule has 1 heterocycles. The van der Waals surface area contributed by atoms with Crippen molar-refractivity contribution in [1.29, 1.82) is 0 Å². The second-order valence-electron chi connectivity index (χ2n) is 5.19. The van der Waals surface area contributed by atoms with Gasteiger partial charge in [-0.25, -0.2) is 0 Å². The fraction of sp³-hybridized carbons (Fsp3) is 0.533. The molecule has 0 saturated carbocycles. The van der Waals surface area contributed by atoms with Crippen molar-refractivity contribution < 1.29 is 14.6 Å². The van der Waals surface area contributed by atoms with Gasteiger partial charge in [0, 0.05) is 30.3 Å². The number of carbonyl (C=O) groups excluding carboxylic acids is 1. The molecule has 0 bridgehead atoms. The molecule has 5 heteroatoms. The van der Waals surface area contributed by atoms with Crippen molar-refractivity contribution in [3.8, 4) is 0 Å². The number of amides is 1. The van der Waals surface area contributed by atoms with Gasteiger partial charge in [-0.2, -0.15) is 0 Å². The largest absolute Gasteiger partial charge is 0.391 e. The number of rotatable bonds is 4. The number of aryl methyl sites for hydroxylation is 1. The first-order valence-corrected chi connectivity index (χ1v) is 7.26. The summed E-state index contributed by atoms with van der Waals surface area (Å²) >= 11 is 6.00. The van der Waals surface area contributed by atoms with Crippen molar-refractivity contribution in [2.75, 3.05) is 19.8 Å². The van der Waals surface area contributed by atoms with Crippen LogP contribution in [-0.4, -0.2) is 36.9 Å². The van der Waals surface area contributed by atoms with Crippen LogP contribution in [0.1, 0.15) is 28.8 Å². The number of ether oxygens (including phenoxy) is 1. The minimum Gasteiger partial charge on any atom is -0.391 e. The molecule has 2 N–H and O–H groups in total. The molecule has 1 saturated heterocycles. The number of aliphatic hydroxyl groups excluding tert-OH is 1. The summed E-state index contributed by atoms with van der Waals surface area (Å²) in [6.45, 7) is 3.51. The van der Waals surface area contributed by atoms with Crippen LogP contribution in [-0.2, 0) is 4.74 Å². The zero-order valence-electron chi connectivity index (χ0n) is 11.6. The maximum atomic E-state index is 12.0. The number of halogens is 1. The monoisotopic (exact) mass is 297 g/mol. The van der Waals surface area contributed by atoms with Crippen LogP contribution in [0.5, 0.6) is 0 Å². The van der Waals surface area contributed by atoms with Gasteiger partial charge in [0.15, 0.2) is 0 Å². The van der Waals surface area contributed by atoms with Crippen LogP contribution >= 0.6 is 11.6 Å². The Morgan fingerprint density at radius 3 is 2.85 bits per heavy atom. The molecule has 1 fully saturated rings. The van der Waals surface area contributed by atoms with Crippen LogP contribution in [0.4, 0.5) is 0 Å². The van der Waals surface area contributed by atoms with Crippen LogP contribution in [0.15, 0.2) is 18.2 Å². The topological polar surface area (TPSA) is 58.6 Å². The van der Waals surface area contributed by atoms with Crippen LogP contribution in [0.25, 0.3) is 0 Å². The molecule has 0 aromatic heterocycles. The van der Waals surface area contributed by atoms with E-state index in [2.05, 4.69) is 5.32 Å². The lowest BCUT2D eigenvalue weighted by Crippen LogP contribution is -2.38. The number of hydrogen-bond donors (Lipinski definition) is 2. The molecule has 0 spiro atoms. The Bertz CT molecular complexity index is 472. The number of aliphatic hydroxyl groups is 1. The molecule has 0 aliphatic carbocycles. The third-order valence-electron chi connectivity index (χ3n) is 3.72. The fourth-order valence-corrected chi connectivity index (χ4v) is 2.48. The van der Waals surface area contributed by atoms with Gasteiger partial charge in [-0.05, 0) is 43.4 Å². The molecular formula is C15H20ClNO3. The van der Waals surface area contributed by atoms with Gasteiger partial charge in [0.05, 0.1) is 6.10 Å². The van der Waals surface area contributed by atoms with Gasteiger partial charge in [-0.15, -0.1) is 0 Å². The first kappa shape index (κ1) is 15.3. The van der Waals surface area contributed by atoms with E-state index in [0.717, 1.165) is 18.4 Å². The van der Waals surface area contributed by atoms with E-state index in [1.807, 2.05) is 13.0 Å². The highest BCUT2D eigenvalue weighted by Crippen LogP contribution is 2.19. The Morgan fingerprint density at radius 1 is 1.50 bits per heavy atom. The Morgan fingerprint density at radius 2 is 2.20 bits per heavy atom. The Kier molecular flexibility index (Phi) is 5.40. The molecule has 110 valence electrons. The highest BCUT2D eigenvalue weighted by molar-refractivity contribution is 6.31. The first-order valence-electron chi connectivity index (χ1n) is 6.88. The van der Waals surface area contributed by atoms with Gasteiger partial charge in [0.25, 0.3) is 5.91 Å². The average molecular weight is 298 g/mol. The highest BCUT2D eigenvalue weighted by Gasteiger charge is 2.22. The minimum absolute atomic E-state index is 0.200. The molecule has 0 unspecified atom stereocenters. The Balaban J connectivity index is 1.86. The van der Waals surface area contributed by atoms with Gasteiger partial charge >= 0.3 is 0 Å². The quantitative estimate of drug-likeness (QED) is 0.895. The number of benzene rings is 1. The lowest BCUT2D eigenvalue weighted by atomic mass is 9.94. The van der Waals surface area contributed by atoms with Gasteiger partial charge in [-0.1, -0.05) is 17.7 Å². The summed E-state index contributed by atoms with van der Waals surface area (Å²) in [5.74, 6) is -0.0105.